The SMILES string of the molecule is CNc1cc(C2CCCN(S(=O)(=O)c3ccc(F)cc3C)C2)nc(-c2cccnc2)n1. The largest absolute Gasteiger partial charge is 0.373 e. The molecule has 1 aliphatic rings. The van der Waals surface area contributed by atoms with Crippen LogP contribution in [0.25, 0.3) is 11.4 Å². The zero-order valence-electron chi connectivity index (χ0n) is 17.4. The van der Waals surface area contributed by atoms with Gasteiger partial charge in [0.15, 0.2) is 5.82 Å². The first-order chi connectivity index (χ1) is 14.9. The Morgan fingerprint density at radius 1 is 1.19 bits per heavy atom. The van der Waals surface area contributed by atoms with Gasteiger partial charge < -0.3 is 5.32 Å². The van der Waals surface area contributed by atoms with Crippen LogP contribution < -0.4 is 5.32 Å². The van der Waals surface area contributed by atoms with E-state index < -0.39 is 15.8 Å². The Morgan fingerprint density at radius 3 is 2.74 bits per heavy atom. The van der Waals surface area contributed by atoms with Crippen molar-refractivity contribution >= 4 is 15.8 Å². The van der Waals surface area contributed by atoms with Gasteiger partial charge in [-0.3, -0.25) is 4.98 Å². The molecule has 1 saturated heterocycles. The van der Waals surface area contributed by atoms with Gasteiger partial charge in [0.1, 0.15) is 11.6 Å². The highest BCUT2D eigenvalue weighted by Crippen LogP contribution is 2.32. The summed E-state index contributed by atoms with van der Waals surface area (Å²) in [5.74, 6) is 0.689. The van der Waals surface area contributed by atoms with Crippen molar-refractivity contribution in [3.05, 3.63) is 65.9 Å². The predicted octanol–water partition coefficient (Wildman–Crippen LogP) is 3.60. The number of nitrogens with one attached hydrogen (secondary N) is 1. The molecule has 1 fully saturated rings. The van der Waals surface area contributed by atoms with E-state index in [2.05, 4.69) is 15.3 Å². The third-order valence-electron chi connectivity index (χ3n) is 5.48. The second-order valence-corrected chi connectivity index (χ2v) is 9.51. The summed E-state index contributed by atoms with van der Waals surface area (Å²) in [4.78, 5) is 13.5. The predicted molar refractivity (Wildman–Crippen MR) is 117 cm³/mol. The zero-order valence-corrected chi connectivity index (χ0v) is 18.2. The van der Waals surface area contributed by atoms with Crippen molar-refractivity contribution in [1.29, 1.82) is 0 Å². The lowest BCUT2D eigenvalue weighted by Gasteiger charge is -2.32. The molecule has 0 aliphatic carbocycles. The Morgan fingerprint density at radius 2 is 2.03 bits per heavy atom. The molecule has 0 bridgehead atoms. The van der Waals surface area contributed by atoms with Crippen molar-refractivity contribution in [1.82, 2.24) is 19.3 Å². The Labute approximate surface area is 181 Å². The highest BCUT2D eigenvalue weighted by Gasteiger charge is 2.32. The second-order valence-electron chi connectivity index (χ2n) is 7.61. The van der Waals surface area contributed by atoms with Crippen LogP contribution in [0.1, 0.15) is 30.0 Å². The van der Waals surface area contributed by atoms with Crippen LogP contribution in [0.3, 0.4) is 0 Å². The number of aromatic nitrogens is 3. The van der Waals surface area contributed by atoms with Crippen LogP contribution >= 0.6 is 0 Å². The van der Waals surface area contributed by atoms with Crippen LogP contribution in [-0.4, -0.2) is 47.8 Å². The van der Waals surface area contributed by atoms with E-state index in [9.17, 15) is 12.8 Å². The van der Waals surface area contributed by atoms with Crippen LogP contribution in [0.2, 0.25) is 0 Å². The van der Waals surface area contributed by atoms with Crippen molar-refractivity contribution in [3.63, 3.8) is 0 Å². The highest BCUT2D eigenvalue weighted by molar-refractivity contribution is 7.89. The topological polar surface area (TPSA) is 88.1 Å². The number of piperidine rings is 1. The Bertz CT molecular complexity index is 1190. The molecule has 3 heterocycles. The second kappa shape index (κ2) is 8.68. The Balaban J connectivity index is 1.66. The summed E-state index contributed by atoms with van der Waals surface area (Å²) >= 11 is 0. The van der Waals surface area contributed by atoms with E-state index in [-0.39, 0.29) is 10.8 Å². The summed E-state index contributed by atoms with van der Waals surface area (Å²) in [6.07, 6.45) is 4.92. The van der Waals surface area contributed by atoms with Crippen molar-refractivity contribution < 1.29 is 12.8 Å². The maximum absolute atomic E-state index is 13.5. The molecular weight excluding hydrogens is 417 g/mol. The summed E-state index contributed by atoms with van der Waals surface area (Å²) in [6.45, 7) is 2.35. The van der Waals surface area contributed by atoms with Gasteiger partial charge in [0.05, 0.1) is 10.6 Å². The molecule has 0 spiro atoms. The van der Waals surface area contributed by atoms with Crippen LogP contribution in [0, 0.1) is 12.7 Å². The molecule has 1 unspecified atom stereocenters. The van der Waals surface area contributed by atoms with Crippen molar-refractivity contribution in [3.8, 4) is 11.4 Å². The lowest BCUT2D eigenvalue weighted by atomic mass is 9.95. The van der Waals surface area contributed by atoms with Gasteiger partial charge in [-0.05, 0) is 55.7 Å². The third kappa shape index (κ3) is 4.42. The minimum Gasteiger partial charge on any atom is -0.373 e. The number of nitrogens with zero attached hydrogens (tertiary/aromatic N) is 4. The van der Waals surface area contributed by atoms with Gasteiger partial charge in [-0.2, -0.15) is 4.31 Å². The number of aryl methyl sites for hydroxylation is 1. The molecule has 1 aliphatic heterocycles. The zero-order chi connectivity index (χ0) is 22.0. The summed E-state index contributed by atoms with van der Waals surface area (Å²) in [5, 5.41) is 3.06. The molecule has 4 rings (SSSR count). The standard InChI is InChI=1S/C22H24FN5O2S/c1-15-11-18(23)7-8-20(15)31(29,30)28-10-4-6-17(14-28)19-12-21(24-2)27-22(26-19)16-5-3-9-25-13-16/h3,5,7-9,11-13,17H,4,6,10,14H2,1-2H3,(H,24,26,27). The fraction of sp³-hybridized carbons (Fsp3) is 0.318. The lowest BCUT2D eigenvalue weighted by Crippen LogP contribution is -2.39. The van der Waals surface area contributed by atoms with Crippen molar-refractivity contribution in [2.45, 2.75) is 30.6 Å². The van der Waals surface area contributed by atoms with Crippen LogP contribution in [0.15, 0.2) is 53.7 Å². The average molecular weight is 442 g/mol. The smallest absolute Gasteiger partial charge is 0.243 e. The molecule has 0 saturated carbocycles. The van der Waals surface area contributed by atoms with Gasteiger partial charge in [-0.1, -0.05) is 0 Å². The number of sulfonamides is 1. The Hall–Kier alpha value is -2.91. The van der Waals surface area contributed by atoms with Gasteiger partial charge >= 0.3 is 0 Å². The number of benzene rings is 1. The molecule has 9 heteroatoms. The van der Waals surface area contributed by atoms with Gasteiger partial charge in [0, 0.05) is 50.1 Å². The average Bonchev–Trinajstić information content (AvgIpc) is 2.79. The van der Waals surface area contributed by atoms with Crippen molar-refractivity contribution in [2.24, 2.45) is 0 Å². The molecule has 7 nitrogen and oxygen atoms in total. The van der Waals surface area contributed by atoms with E-state index in [0.717, 1.165) is 17.7 Å². The number of rotatable bonds is 5. The first kappa shape index (κ1) is 21.3. The minimum atomic E-state index is -3.73. The van der Waals surface area contributed by atoms with Crippen LogP contribution in [-0.2, 0) is 10.0 Å². The van der Waals surface area contributed by atoms with Crippen molar-refractivity contribution in [2.75, 3.05) is 25.5 Å². The van der Waals surface area contributed by atoms with Gasteiger partial charge in [0.25, 0.3) is 0 Å². The maximum atomic E-state index is 13.5. The number of anilines is 1. The van der Waals surface area contributed by atoms with Gasteiger partial charge in [-0.15, -0.1) is 0 Å². The van der Waals surface area contributed by atoms with E-state index in [1.165, 1.54) is 22.5 Å². The normalized spacial score (nSPS) is 17.5. The Kier molecular flexibility index (Phi) is 5.97. The number of hydrogen-bond donors (Lipinski definition) is 1. The fourth-order valence-electron chi connectivity index (χ4n) is 3.87. The van der Waals surface area contributed by atoms with E-state index in [1.807, 2.05) is 18.2 Å². The lowest BCUT2D eigenvalue weighted by molar-refractivity contribution is 0.312. The summed E-state index contributed by atoms with van der Waals surface area (Å²) in [6, 6.07) is 9.35. The maximum Gasteiger partial charge on any atom is 0.243 e. The van der Waals surface area contributed by atoms with E-state index in [4.69, 9.17) is 4.98 Å². The molecule has 0 amide bonds. The van der Waals surface area contributed by atoms with E-state index in [0.29, 0.717) is 36.7 Å². The quantitative estimate of drug-likeness (QED) is 0.651. The molecule has 2 aromatic heterocycles. The first-order valence-corrected chi connectivity index (χ1v) is 11.6. The fourth-order valence-corrected chi connectivity index (χ4v) is 5.60. The molecule has 1 atom stereocenters. The molecule has 0 radical (unpaired) electrons. The number of pyridine rings is 1. The minimum absolute atomic E-state index is 0.0743. The number of halogens is 1. The highest BCUT2D eigenvalue weighted by atomic mass is 32.2. The van der Waals surface area contributed by atoms with E-state index in [1.54, 1.807) is 26.4 Å². The van der Waals surface area contributed by atoms with Crippen LogP contribution in [0.5, 0.6) is 0 Å². The summed E-state index contributed by atoms with van der Waals surface area (Å²) in [5.41, 5.74) is 1.98. The molecule has 3 aromatic rings. The van der Waals surface area contributed by atoms with Crippen LogP contribution in [0.4, 0.5) is 10.2 Å². The number of hydrogen-bond acceptors (Lipinski definition) is 6. The van der Waals surface area contributed by atoms with E-state index >= 15 is 0 Å². The summed E-state index contributed by atoms with van der Waals surface area (Å²) in [7, 11) is -1.94. The van der Waals surface area contributed by atoms with Gasteiger partial charge in [-0.25, -0.2) is 22.8 Å². The molecule has 1 N–H and O–H groups in total. The molecule has 162 valence electrons. The molecular formula is C22H24FN5O2S. The molecule has 31 heavy (non-hydrogen) atoms. The van der Waals surface area contributed by atoms with Gasteiger partial charge in [0.2, 0.25) is 10.0 Å². The molecule has 1 aromatic carbocycles. The summed E-state index contributed by atoms with van der Waals surface area (Å²) < 4.78 is 41.5. The monoisotopic (exact) mass is 441 g/mol. The first-order valence-electron chi connectivity index (χ1n) is 10.1. The third-order valence-corrected chi connectivity index (χ3v) is 7.50.